The summed E-state index contributed by atoms with van der Waals surface area (Å²) in [5, 5.41) is 11.7. The Balaban J connectivity index is 2.14. The van der Waals surface area contributed by atoms with Crippen LogP contribution < -0.4 is 5.73 Å². The molecule has 1 unspecified atom stereocenters. The van der Waals surface area contributed by atoms with Gasteiger partial charge in [0.1, 0.15) is 5.82 Å². The quantitative estimate of drug-likeness (QED) is 0.625. The summed E-state index contributed by atoms with van der Waals surface area (Å²) in [6, 6.07) is 4.71. The first kappa shape index (κ1) is 15.4. The molecule has 1 aromatic carbocycles. The minimum absolute atomic E-state index is 0.142. The lowest BCUT2D eigenvalue weighted by molar-refractivity contribution is 0.429. The number of nitrogen functional groups attached to an aromatic ring is 1. The summed E-state index contributed by atoms with van der Waals surface area (Å²) in [7, 11) is 0. The van der Waals surface area contributed by atoms with E-state index in [2.05, 4.69) is 29.4 Å². The van der Waals surface area contributed by atoms with Crippen molar-refractivity contribution in [2.24, 2.45) is 0 Å². The monoisotopic (exact) mass is 291 g/mol. The van der Waals surface area contributed by atoms with Crippen molar-refractivity contribution < 1.29 is 4.39 Å². The number of nitrogens with two attached hydrogens (primary N) is 1. The molecular formula is C15H22FN5. The van der Waals surface area contributed by atoms with E-state index >= 15 is 0 Å². The Morgan fingerprint density at radius 2 is 2.10 bits per heavy atom. The van der Waals surface area contributed by atoms with Gasteiger partial charge in [0.15, 0.2) is 5.82 Å². The number of tetrazole rings is 1. The fraction of sp³-hybridized carbons (Fsp3) is 0.533. The number of unbranched alkanes of at least 4 members (excludes halogenated alkanes) is 3. The van der Waals surface area contributed by atoms with Crippen LogP contribution in [0.2, 0.25) is 0 Å². The molecule has 0 aliphatic carbocycles. The molecular weight excluding hydrogens is 269 g/mol. The van der Waals surface area contributed by atoms with Crippen molar-refractivity contribution in [2.45, 2.75) is 52.0 Å². The standard InChI is InChI=1S/C15H22FN5/c1-3-4-5-6-7-11(2)21-15(18-19-20-21)13-9-8-12(17)10-14(13)16/h8-11H,3-7,17H2,1-2H3. The highest BCUT2D eigenvalue weighted by Crippen LogP contribution is 2.25. The number of nitrogens with zero attached hydrogens (tertiary/aromatic N) is 4. The molecule has 114 valence electrons. The molecule has 0 amide bonds. The van der Waals surface area contributed by atoms with Gasteiger partial charge in [-0.15, -0.1) is 5.10 Å². The zero-order valence-electron chi connectivity index (χ0n) is 12.6. The van der Waals surface area contributed by atoms with E-state index in [0.29, 0.717) is 17.1 Å². The zero-order chi connectivity index (χ0) is 15.2. The molecule has 2 N–H and O–H groups in total. The Morgan fingerprint density at radius 1 is 1.29 bits per heavy atom. The number of aromatic nitrogens is 4. The number of anilines is 1. The maximum absolute atomic E-state index is 14.0. The van der Waals surface area contributed by atoms with Crippen molar-refractivity contribution in [3.8, 4) is 11.4 Å². The minimum atomic E-state index is -0.399. The summed E-state index contributed by atoms with van der Waals surface area (Å²) in [4.78, 5) is 0. The summed E-state index contributed by atoms with van der Waals surface area (Å²) in [6.45, 7) is 4.24. The molecule has 5 nitrogen and oxygen atoms in total. The van der Waals surface area contributed by atoms with Gasteiger partial charge in [-0.25, -0.2) is 9.07 Å². The first-order chi connectivity index (χ1) is 10.1. The third-order valence-electron chi connectivity index (χ3n) is 3.62. The van der Waals surface area contributed by atoms with Gasteiger partial charge >= 0.3 is 0 Å². The summed E-state index contributed by atoms with van der Waals surface area (Å²) < 4.78 is 15.7. The van der Waals surface area contributed by atoms with Gasteiger partial charge in [-0.2, -0.15) is 0 Å². The van der Waals surface area contributed by atoms with Crippen LogP contribution in [0.5, 0.6) is 0 Å². The Labute approximate surface area is 124 Å². The molecule has 1 heterocycles. The minimum Gasteiger partial charge on any atom is -0.399 e. The van der Waals surface area contributed by atoms with Crippen molar-refractivity contribution in [3.05, 3.63) is 24.0 Å². The number of hydrogen-bond acceptors (Lipinski definition) is 4. The van der Waals surface area contributed by atoms with Crippen LogP contribution in [0.1, 0.15) is 52.0 Å². The van der Waals surface area contributed by atoms with Gasteiger partial charge in [-0.05, 0) is 42.0 Å². The van der Waals surface area contributed by atoms with Crippen molar-refractivity contribution >= 4 is 5.69 Å². The first-order valence-electron chi connectivity index (χ1n) is 7.46. The summed E-state index contributed by atoms with van der Waals surface area (Å²) in [5.74, 6) is 0.0553. The molecule has 2 rings (SSSR count). The molecule has 0 fully saturated rings. The lowest BCUT2D eigenvalue weighted by Crippen LogP contribution is -2.10. The maximum Gasteiger partial charge on any atom is 0.185 e. The van der Waals surface area contributed by atoms with Crippen LogP contribution in [0.4, 0.5) is 10.1 Å². The first-order valence-corrected chi connectivity index (χ1v) is 7.46. The SMILES string of the molecule is CCCCCCC(C)n1nnnc1-c1ccc(N)cc1F. The highest BCUT2D eigenvalue weighted by Gasteiger charge is 2.17. The van der Waals surface area contributed by atoms with Gasteiger partial charge in [0.05, 0.1) is 11.6 Å². The van der Waals surface area contributed by atoms with E-state index in [4.69, 9.17) is 5.73 Å². The van der Waals surface area contributed by atoms with E-state index in [1.807, 2.05) is 0 Å². The number of hydrogen-bond donors (Lipinski definition) is 1. The molecule has 1 aromatic heterocycles. The second-order valence-electron chi connectivity index (χ2n) is 5.38. The number of halogens is 1. The highest BCUT2D eigenvalue weighted by molar-refractivity contribution is 5.59. The summed E-state index contributed by atoms with van der Waals surface area (Å²) in [5.41, 5.74) is 6.35. The molecule has 2 aromatic rings. The predicted molar refractivity (Wildman–Crippen MR) is 81.1 cm³/mol. The Morgan fingerprint density at radius 3 is 2.81 bits per heavy atom. The predicted octanol–water partition coefficient (Wildman–Crippen LogP) is 3.59. The van der Waals surface area contributed by atoms with Gasteiger partial charge in [0.2, 0.25) is 0 Å². The van der Waals surface area contributed by atoms with Crippen LogP contribution >= 0.6 is 0 Å². The molecule has 0 saturated heterocycles. The third-order valence-corrected chi connectivity index (χ3v) is 3.62. The van der Waals surface area contributed by atoms with Gasteiger partial charge < -0.3 is 5.73 Å². The fourth-order valence-corrected chi connectivity index (χ4v) is 2.37. The zero-order valence-corrected chi connectivity index (χ0v) is 12.6. The topological polar surface area (TPSA) is 69.6 Å². The second kappa shape index (κ2) is 7.15. The van der Waals surface area contributed by atoms with Crippen molar-refractivity contribution in [1.82, 2.24) is 20.2 Å². The van der Waals surface area contributed by atoms with E-state index in [9.17, 15) is 4.39 Å². The third kappa shape index (κ3) is 3.77. The fourth-order valence-electron chi connectivity index (χ4n) is 2.37. The van der Waals surface area contributed by atoms with E-state index in [0.717, 1.165) is 12.8 Å². The second-order valence-corrected chi connectivity index (χ2v) is 5.38. The van der Waals surface area contributed by atoms with Crippen LogP contribution in [-0.4, -0.2) is 20.2 Å². The van der Waals surface area contributed by atoms with Gasteiger partial charge in [0.25, 0.3) is 0 Å². The molecule has 0 bridgehead atoms. The van der Waals surface area contributed by atoms with E-state index in [-0.39, 0.29) is 6.04 Å². The van der Waals surface area contributed by atoms with Crippen LogP contribution in [-0.2, 0) is 0 Å². The van der Waals surface area contributed by atoms with E-state index < -0.39 is 5.82 Å². The van der Waals surface area contributed by atoms with Gasteiger partial charge in [-0.1, -0.05) is 32.6 Å². The summed E-state index contributed by atoms with van der Waals surface area (Å²) >= 11 is 0. The largest absolute Gasteiger partial charge is 0.399 e. The molecule has 0 aliphatic heterocycles. The van der Waals surface area contributed by atoms with E-state index in [1.54, 1.807) is 16.8 Å². The highest BCUT2D eigenvalue weighted by atomic mass is 19.1. The van der Waals surface area contributed by atoms with Crippen molar-refractivity contribution in [2.75, 3.05) is 5.73 Å². The van der Waals surface area contributed by atoms with Crippen molar-refractivity contribution in [1.29, 1.82) is 0 Å². The molecule has 0 saturated carbocycles. The molecule has 1 atom stereocenters. The molecule has 21 heavy (non-hydrogen) atoms. The smallest absolute Gasteiger partial charge is 0.185 e. The Kier molecular flexibility index (Phi) is 5.25. The van der Waals surface area contributed by atoms with Gasteiger partial charge in [0, 0.05) is 5.69 Å². The number of rotatable bonds is 7. The summed E-state index contributed by atoms with van der Waals surface area (Å²) in [6.07, 6.45) is 5.75. The van der Waals surface area contributed by atoms with Crippen LogP contribution in [0.25, 0.3) is 11.4 Å². The Bertz CT molecular complexity index is 581. The Hall–Kier alpha value is -1.98. The van der Waals surface area contributed by atoms with Crippen LogP contribution in [0.15, 0.2) is 18.2 Å². The molecule has 0 aliphatic rings. The maximum atomic E-state index is 14.0. The van der Waals surface area contributed by atoms with Crippen molar-refractivity contribution in [3.63, 3.8) is 0 Å². The lowest BCUT2D eigenvalue weighted by atomic mass is 10.1. The van der Waals surface area contributed by atoms with Crippen LogP contribution in [0.3, 0.4) is 0 Å². The average molecular weight is 291 g/mol. The molecule has 0 spiro atoms. The average Bonchev–Trinajstić information content (AvgIpc) is 2.92. The lowest BCUT2D eigenvalue weighted by Gasteiger charge is -2.13. The van der Waals surface area contributed by atoms with Crippen LogP contribution in [0, 0.1) is 5.82 Å². The molecule has 6 heteroatoms. The van der Waals surface area contributed by atoms with Gasteiger partial charge in [-0.3, -0.25) is 0 Å². The van der Waals surface area contributed by atoms with E-state index in [1.165, 1.54) is 25.3 Å². The normalized spacial score (nSPS) is 12.5. The molecule has 0 radical (unpaired) electrons. The number of benzene rings is 1.